The molecule has 3 heteroatoms. The largest absolute Gasteiger partial charge is 0.330 e. The molecule has 0 saturated heterocycles. The Morgan fingerprint density at radius 1 is 1.05 bits per heavy atom. The summed E-state index contributed by atoms with van der Waals surface area (Å²) in [6, 6.07) is 14.5. The summed E-state index contributed by atoms with van der Waals surface area (Å²) in [4.78, 5) is 4.49. The summed E-state index contributed by atoms with van der Waals surface area (Å²) in [6.45, 7) is 0.696. The van der Waals surface area contributed by atoms with Crippen LogP contribution in [-0.2, 0) is 6.42 Å². The zero-order chi connectivity index (χ0) is 13.5. The molecule has 0 spiro atoms. The van der Waals surface area contributed by atoms with Crippen molar-refractivity contribution in [3.05, 3.63) is 54.4 Å². The van der Waals surface area contributed by atoms with Gasteiger partial charge in [0.2, 0.25) is 0 Å². The van der Waals surface area contributed by atoms with Gasteiger partial charge in [-0.1, -0.05) is 36.4 Å². The molecular weight excluding hydrogens is 234 g/mol. The SMILES string of the molecule is NCCCC(N)Cc1ncccc1-c1ccccc1. The minimum atomic E-state index is 0.126. The number of nitrogens with zero attached hydrogens (tertiary/aromatic N) is 1. The summed E-state index contributed by atoms with van der Waals surface area (Å²) in [5, 5.41) is 0. The molecule has 1 atom stereocenters. The van der Waals surface area contributed by atoms with Gasteiger partial charge >= 0.3 is 0 Å². The lowest BCUT2D eigenvalue weighted by molar-refractivity contribution is 0.580. The Balaban J connectivity index is 2.17. The third-order valence-corrected chi connectivity index (χ3v) is 3.21. The van der Waals surface area contributed by atoms with Crippen LogP contribution in [0.3, 0.4) is 0 Å². The molecule has 1 aromatic carbocycles. The van der Waals surface area contributed by atoms with E-state index >= 15 is 0 Å². The molecule has 1 unspecified atom stereocenters. The van der Waals surface area contributed by atoms with Crippen LogP contribution in [0.5, 0.6) is 0 Å². The summed E-state index contributed by atoms with van der Waals surface area (Å²) in [5.41, 5.74) is 15.1. The van der Waals surface area contributed by atoms with Crippen LogP contribution in [0.25, 0.3) is 11.1 Å². The standard InChI is InChI=1S/C16H21N3/c17-10-4-8-14(18)12-16-15(9-5-11-19-16)13-6-2-1-3-7-13/h1-3,5-7,9,11,14H,4,8,10,12,17-18H2. The average Bonchev–Trinajstić information content (AvgIpc) is 2.46. The number of benzene rings is 1. The first-order valence-electron chi connectivity index (χ1n) is 6.76. The fourth-order valence-corrected chi connectivity index (χ4v) is 2.21. The van der Waals surface area contributed by atoms with E-state index in [1.54, 1.807) is 0 Å². The first kappa shape index (κ1) is 13.7. The van der Waals surface area contributed by atoms with Gasteiger partial charge in [0.1, 0.15) is 0 Å². The van der Waals surface area contributed by atoms with Gasteiger partial charge in [0.05, 0.1) is 0 Å². The highest BCUT2D eigenvalue weighted by Gasteiger charge is 2.10. The molecule has 0 amide bonds. The van der Waals surface area contributed by atoms with Crippen LogP contribution in [0.15, 0.2) is 48.7 Å². The fraction of sp³-hybridized carbons (Fsp3) is 0.312. The molecule has 0 fully saturated rings. The van der Waals surface area contributed by atoms with E-state index < -0.39 is 0 Å². The van der Waals surface area contributed by atoms with E-state index in [1.807, 2.05) is 30.5 Å². The Morgan fingerprint density at radius 2 is 1.84 bits per heavy atom. The number of nitrogens with two attached hydrogens (primary N) is 2. The summed E-state index contributed by atoms with van der Waals surface area (Å²) in [7, 11) is 0. The van der Waals surface area contributed by atoms with Gasteiger partial charge in [-0.05, 0) is 31.0 Å². The van der Waals surface area contributed by atoms with E-state index in [1.165, 1.54) is 11.1 Å². The number of pyridine rings is 1. The van der Waals surface area contributed by atoms with Crippen molar-refractivity contribution in [3.63, 3.8) is 0 Å². The van der Waals surface area contributed by atoms with Crippen molar-refractivity contribution < 1.29 is 0 Å². The minimum Gasteiger partial charge on any atom is -0.330 e. The molecule has 2 rings (SSSR count). The van der Waals surface area contributed by atoms with Crippen molar-refractivity contribution in [3.8, 4) is 11.1 Å². The zero-order valence-electron chi connectivity index (χ0n) is 11.1. The van der Waals surface area contributed by atoms with Crippen LogP contribution in [0.4, 0.5) is 0 Å². The Labute approximate surface area is 114 Å². The van der Waals surface area contributed by atoms with Crippen molar-refractivity contribution in [2.45, 2.75) is 25.3 Å². The molecule has 0 aliphatic carbocycles. The molecule has 4 N–H and O–H groups in total. The third-order valence-electron chi connectivity index (χ3n) is 3.21. The average molecular weight is 255 g/mol. The Bertz CT molecular complexity index is 496. The molecule has 2 aromatic rings. The van der Waals surface area contributed by atoms with Gasteiger partial charge in [-0.25, -0.2) is 0 Å². The second-order valence-electron chi connectivity index (χ2n) is 4.76. The van der Waals surface area contributed by atoms with Gasteiger partial charge < -0.3 is 11.5 Å². The normalized spacial score (nSPS) is 12.3. The van der Waals surface area contributed by atoms with Crippen molar-refractivity contribution in [1.29, 1.82) is 0 Å². The second-order valence-corrected chi connectivity index (χ2v) is 4.76. The van der Waals surface area contributed by atoms with Crippen LogP contribution in [0.1, 0.15) is 18.5 Å². The van der Waals surface area contributed by atoms with Gasteiger partial charge in [0.25, 0.3) is 0 Å². The zero-order valence-corrected chi connectivity index (χ0v) is 11.1. The van der Waals surface area contributed by atoms with Gasteiger partial charge in [-0.3, -0.25) is 4.98 Å². The van der Waals surface area contributed by atoms with Crippen molar-refractivity contribution in [1.82, 2.24) is 4.98 Å². The molecule has 0 radical (unpaired) electrons. The highest BCUT2D eigenvalue weighted by molar-refractivity contribution is 5.65. The molecule has 0 saturated carbocycles. The highest BCUT2D eigenvalue weighted by atomic mass is 14.7. The minimum absolute atomic E-state index is 0.126. The Hall–Kier alpha value is -1.71. The van der Waals surface area contributed by atoms with E-state index in [9.17, 15) is 0 Å². The Kier molecular flexibility index (Phi) is 5.07. The summed E-state index contributed by atoms with van der Waals surface area (Å²) in [5.74, 6) is 0. The molecule has 1 aromatic heterocycles. The van der Waals surface area contributed by atoms with Gasteiger partial charge in [-0.15, -0.1) is 0 Å². The molecule has 0 bridgehead atoms. The summed E-state index contributed by atoms with van der Waals surface area (Å²) < 4.78 is 0. The molecule has 19 heavy (non-hydrogen) atoms. The number of hydrogen-bond acceptors (Lipinski definition) is 3. The number of rotatable bonds is 6. The van der Waals surface area contributed by atoms with Gasteiger partial charge in [0.15, 0.2) is 0 Å². The molecule has 100 valence electrons. The molecule has 0 aliphatic heterocycles. The maximum atomic E-state index is 6.14. The number of aromatic nitrogens is 1. The molecule has 0 aliphatic rings. The van der Waals surface area contributed by atoms with Crippen molar-refractivity contribution in [2.24, 2.45) is 11.5 Å². The monoisotopic (exact) mass is 255 g/mol. The van der Waals surface area contributed by atoms with E-state index in [4.69, 9.17) is 11.5 Å². The summed E-state index contributed by atoms with van der Waals surface area (Å²) >= 11 is 0. The van der Waals surface area contributed by atoms with E-state index in [0.29, 0.717) is 6.54 Å². The topological polar surface area (TPSA) is 64.9 Å². The van der Waals surface area contributed by atoms with Crippen LogP contribution < -0.4 is 11.5 Å². The predicted octanol–water partition coefficient (Wildman–Crippen LogP) is 2.36. The van der Waals surface area contributed by atoms with Gasteiger partial charge in [-0.2, -0.15) is 0 Å². The second kappa shape index (κ2) is 7.02. The maximum Gasteiger partial charge on any atom is 0.0497 e. The maximum absolute atomic E-state index is 6.14. The molecule has 3 nitrogen and oxygen atoms in total. The lowest BCUT2D eigenvalue weighted by Crippen LogP contribution is -2.24. The first-order chi connectivity index (χ1) is 9.31. The smallest absolute Gasteiger partial charge is 0.0497 e. The van der Waals surface area contributed by atoms with E-state index in [-0.39, 0.29) is 6.04 Å². The van der Waals surface area contributed by atoms with Gasteiger partial charge in [0, 0.05) is 29.9 Å². The predicted molar refractivity (Wildman–Crippen MR) is 79.6 cm³/mol. The van der Waals surface area contributed by atoms with Crippen molar-refractivity contribution in [2.75, 3.05) is 6.54 Å². The van der Waals surface area contributed by atoms with Crippen LogP contribution >= 0.6 is 0 Å². The van der Waals surface area contributed by atoms with Crippen LogP contribution in [0.2, 0.25) is 0 Å². The lowest BCUT2D eigenvalue weighted by atomic mass is 9.98. The summed E-state index contributed by atoms with van der Waals surface area (Å²) in [6.07, 6.45) is 4.54. The third kappa shape index (κ3) is 3.88. The number of hydrogen-bond donors (Lipinski definition) is 2. The molecular formula is C16H21N3. The first-order valence-corrected chi connectivity index (χ1v) is 6.76. The van der Waals surface area contributed by atoms with E-state index in [0.717, 1.165) is 25.0 Å². The Morgan fingerprint density at radius 3 is 2.58 bits per heavy atom. The lowest BCUT2D eigenvalue weighted by Gasteiger charge is -2.13. The molecule has 1 heterocycles. The van der Waals surface area contributed by atoms with Crippen molar-refractivity contribution >= 4 is 0 Å². The van der Waals surface area contributed by atoms with Crippen LogP contribution in [-0.4, -0.2) is 17.6 Å². The highest BCUT2D eigenvalue weighted by Crippen LogP contribution is 2.22. The van der Waals surface area contributed by atoms with Crippen LogP contribution in [0, 0.1) is 0 Å². The quantitative estimate of drug-likeness (QED) is 0.832. The van der Waals surface area contributed by atoms with E-state index in [2.05, 4.69) is 23.2 Å². The fourth-order valence-electron chi connectivity index (χ4n) is 2.21.